The van der Waals surface area contributed by atoms with Gasteiger partial charge in [0.25, 0.3) is 23.6 Å². The maximum atomic E-state index is 13.1. The van der Waals surface area contributed by atoms with Crippen LogP contribution < -0.4 is 0 Å². The second kappa shape index (κ2) is 14.6. The number of hydrogen-bond donors (Lipinski definition) is 0. The summed E-state index contributed by atoms with van der Waals surface area (Å²) in [5.41, 5.74) is 6.37. The van der Waals surface area contributed by atoms with Crippen molar-refractivity contribution in [1.29, 1.82) is 0 Å². The topological polar surface area (TPSA) is 113 Å². The number of carbonyl (C=O) groups is 4. The summed E-state index contributed by atoms with van der Waals surface area (Å²) < 4.78 is 0. The summed E-state index contributed by atoms with van der Waals surface area (Å²) in [5.74, 6) is -1.25. The quantitative estimate of drug-likeness (QED) is 0.126. The number of nitrogens with zero attached hydrogens (tertiary/aromatic N) is 5. The third-order valence-electron chi connectivity index (χ3n) is 10.1. The van der Waals surface area contributed by atoms with Crippen LogP contribution in [0.1, 0.15) is 84.2 Å². The van der Waals surface area contributed by atoms with Gasteiger partial charge in [-0.25, -0.2) is 9.97 Å². The van der Waals surface area contributed by atoms with E-state index in [9.17, 15) is 19.2 Å². The second-order valence-corrected chi connectivity index (χ2v) is 14.7. The Kier molecular flexibility index (Phi) is 9.62. The Balaban J connectivity index is 0.000000161. The summed E-state index contributed by atoms with van der Waals surface area (Å²) >= 11 is 18.9. The number of para-hydroxylation sites is 2. The minimum atomic E-state index is -0.546. The van der Waals surface area contributed by atoms with Crippen molar-refractivity contribution in [2.75, 3.05) is 0 Å². The fourth-order valence-electron chi connectivity index (χ4n) is 7.22. The molecular formula is C44H30Cl3N5O4. The minimum Gasteiger partial charge on any atom is -0.269 e. The molecule has 7 aromatic rings. The van der Waals surface area contributed by atoms with Crippen molar-refractivity contribution in [2.24, 2.45) is 0 Å². The van der Waals surface area contributed by atoms with E-state index in [4.69, 9.17) is 39.8 Å². The van der Waals surface area contributed by atoms with Gasteiger partial charge in [-0.3, -0.25) is 34.0 Å². The van der Waals surface area contributed by atoms with Gasteiger partial charge in [0.15, 0.2) is 0 Å². The van der Waals surface area contributed by atoms with Crippen molar-refractivity contribution in [3.63, 3.8) is 0 Å². The first-order valence-corrected chi connectivity index (χ1v) is 18.8. The van der Waals surface area contributed by atoms with Gasteiger partial charge in [0, 0.05) is 27.6 Å². The lowest BCUT2D eigenvalue weighted by Crippen LogP contribution is -2.33. The number of carbonyl (C=O) groups excluding carboxylic acids is 4. The smallest absolute Gasteiger partial charge is 0.262 e. The Morgan fingerprint density at radius 1 is 0.500 bits per heavy atom. The molecule has 0 radical (unpaired) electrons. The molecule has 2 aliphatic heterocycles. The van der Waals surface area contributed by atoms with Crippen LogP contribution in [0.3, 0.4) is 0 Å². The molecule has 0 N–H and O–H groups in total. The summed E-state index contributed by atoms with van der Waals surface area (Å²) in [6.07, 6.45) is 0. The van der Waals surface area contributed by atoms with Crippen molar-refractivity contribution in [2.45, 2.75) is 32.9 Å². The average Bonchev–Trinajstić information content (AvgIpc) is 3.61. The SMILES string of the molecule is C[C@@H](c1cc2cccc(Cl)c2nc1Cl)N1C(=O)c2ccccc2C1=O.Cc1cccc(-c2nc3c(Cl)cccc3cc2[C@H](C)N2C(=O)c3ccccc3C2=O)n1. The van der Waals surface area contributed by atoms with E-state index in [1.807, 2.05) is 68.4 Å². The lowest BCUT2D eigenvalue weighted by atomic mass is 9.99. The molecule has 0 unspecified atom stereocenters. The van der Waals surface area contributed by atoms with Gasteiger partial charge in [-0.1, -0.05) is 89.4 Å². The van der Waals surface area contributed by atoms with Crippen LogP contribution in [0.5, 0.6) is 0 Å². The zero-order valence-corrected chi connectivity index (χ0v) is 32.4. The molecule has 3 aromatic heterocycles. The van der Waals surface area contributed by atoms with E-state index in [0.717, 1.165) is 22.0 Å². The van der Waals surface area contributed by atoms with Crippen LogP contribution in [0, 0.1) is 6.92 Å². The fourth-order valence-corrected chi connectivity index (χ4v) is 7.97. The van der Waals surface area contributed by atoms with Crippen LogP contribution in [0.2, 0.25) is 15.2 Å². The van der Waals surface area contributed by atoms with E-state index in [-0.39, 0.29) is 28.8 Å². The Hall–Kier alpha value is -6.00. The van der Waals surface area contributed by atoms with Gasteiger partial charge in [-0.15, -0.1) is 0 Å². The van der Waals surface area contributed by atoms with Crippen molar-refractivity contribution in [3.8, 4) is 11.4 Å². The van der Waals surface area contributed by atoms with Gasteiger partial charge >= 0.3 is 0 Å². The molecular weight excluding hydrogens is 769 g/mol. The van der Waals surface area contributed by atoms with Crippen LogP contribution >= 0.6 is 34.8 Å². The highest BCUT2D eigenvalue weighted by Crippen LogP contribution is 2.38. The fraction of sp³-hybridized carbons (Fsp3) is 0.114. The number of halogens is 3. The number of aromatic nitrogens is 3. The first kappa shape index (κ1) is 36.9. The van der Waals surface area contributed by atoms with Crippen LogP contribution in [0.4, 0.5) is 0 Å². The predicted octanol–water partition coefficient (Wildman–Crippen LogP) is 10.5. The van der Waals surface area contributed by atoms with Crippen molar-refractivity contribution in [1.82, 2.24) is 24.8 Å². The number of fused-ring (bicyclic) bond motifs is 4. The summed E-state index contributed by atoms with van der Waals surface area (Å²) in [5, 5.41) is 2.90. The highest BCUT2D eigenvalue weighted by atomic mass is 35.5. The number of rotatable bonds is 5. The third-order valence-corrected chi connectivity index (χ3v) is 11.0. The number of pyridine rings is 3. The number of imide groups is 2. The van der Waals surface area contributed by atoms with Crippen molar-refractivity contribution >= 4 is 80.2 Å². The van der Waals surface area contributed by atoms with Gasteiger partial charge < -0.3 is 0 Å². The van der Waals surface area contributed by atoms with Crippen molar-refractivity contribution in [3.05, 3.63) is 170 Å². The number of aryl methyl sites for hydroxylation is 1. The summed E-state index contributed by atoms with van der Waals surface area (Å²) in [6, 6.07) is 33.0. The molecule has 5 heterocycles. The molecule has 12 heteroatoms. The molecule has 9 rings (SSSR count). The molecule has 0 bridgehead atoms. The van der Waals surface area contributed by atoms with E-state index in [2.05, 4.69) is 9.97 Å². The largest absolute Gasteiger partial charge is 0.269 e. The predicted molar refractivity (Wildman–Crippen MR) is 217 cm³/mol. The molecule has 9 nitrogen and oxygen atoms in total. The van der Waals surface area contributed by atoms with E-state index >= 15 is 0 Å². The average molecular weight is 799 g/mol. The lowest BCUT2D eigenvalue weighted by molar-refractivity contribution is 0.0579. The molecule has 0 saturated carbocycles. The highest BCUT2D eigenvalue weighted by molar-refractivity contribution is 6.36. The molecule has 276 valence electrons. The van der Waals surface area contributed by atoms with E-state index < -0.39 is 12.1 Å². The molecule has 2 aliphatic rings. The zero-order valence-electron chi connectivity index (χ0n) is 30.1. The summed E-state index contributed by atoms with van der Waals surface area (Å²) in [6.45, 7) is 5.51. The Bertz CT molecular complexity index is 2740. The number of hydrogen-bond acceptors (Lipinski definition) is 7. The monoisotopic (exact) mass is 797 g/mol. The number of benzene rings is 4. The van der Waals surface area contributed by atoms with E-state index in [1.54, 1.807) is 67.6 Å². The van der Waals surface area contributed by atoms with E-state index in [1.165, 1.54) is 9.80 Å². The Labute approximate surface area is 336 Å². The summed E-state index contributed by atoms with van der Waals surface area (Å²) in [4.78, 5) is 67.9. The van der Waals surface area contributed by atoms with Gasteiger partial charge in [-0.2, -0.15) is 0 Å². The molecule has 56 heavy (non-hydrogen) atoms. The standard InChI is InChI=1S/C25H18ClN3O2.C19H12Cl2N2O2/c1-14-7-5-12-21(27-14)23-19(13-16-8-6-11-20(26)22(16)28-23)15(2)29-24(30)17-9-3-4-10-18(17)25(29)31;1-10(23-18(24)12-6-2-3-7-13(12)19(23)25)14-9-11-5-4-8-15(20)16(11)22-17(14)21/h3-13,15H,1-2H3;2-10H,1H3/t15-;10-/m00/s1. The second-order valence-electron chi connectivity index (χ2n) is 13.5. The molecule has 4 amide bonds. The molecule has 0 fully saturated rings. The van der Waals surface area contributed by atoms with Gasteiger partial charge in [0.05, 0.1) is 66.8 Å². The van der Waals surface area contributed by atoms with Gasteiger partial charge in [0.2, 0.25) is 0 Å². The lowest BCUT2D eigenvalue weighted by Gasteiger charge is -2.25. The number of amides is 4. The first-order valence-electron chi connectivity index (χ1n) is 17.7. The Morgan fingerprint density at radius 3 is 1.41 bits per heavy atom. The zero-order chi connectivity index (χ0) is 39.4. The maximum absolute atomic E-state index is 13.1. The summed E-state index contributed by atoms with van der Waals surface area (Å²) in [7, 11) is 0. The van der Waals surface area contributed by atoms with Gasteiger partial charge in [-0.05, 0) is 81.4 Å². The van der Waals surface area contributed by atoms with Crippen LogP contribution in [0.25, 0.3) is 33.2 Å². The Morgan fingerprint density at radius 2 is 0.929 bits per heavy atom. The highest BCUT2D eigenvalue weighted by Gasteiger charge is 2.41. The van der Waals surface area contributed by atoms with Crippen LogP contribution in [0.15, 0.2) is 115 Å². The first-order chi connectivity index (χ1) is 26.9. The molecule has 0 saturated heterocycles. The maximum Gasteiger partial charge on any atom is 0.262 e. The van der Waals surface area contributed by atoms with Gasteiger partial charge in [0.1, 0.15) is 5.15 Å². The molecule has 2 atom stereocenters. The van der Waals surface area contributed by atoms with Crippen molar-refractivity contribution < 1.29 is 19.2 Å². The molecule has 4 aromatic carbocycles. The minimum absolute atomic E-state index is 0.227. The molecule has 0 aliphatic carbocycles. The third kappa shape index (κ3) is 6.27. The molecule has 0 spiro atoms. The van der Waals surface area contributed by atoms with Crippen LogP contribution in [-0.4, -0.2) is 48.4 Å². The normalized spacial score (nSPS) is 14.5. The van der Waals surface area contributed by atoms with E-state index in [0.29, 0.717) is 60.3 Å². The van der Waals surface area contributed by atoms with Crippen LogP contribution in [-0.2, 0) is 0 Å².